The second kappa shape index (κ2) is 9.77. The molecule has 2 amide bonds. The van der Waals surface area contributed by atoms with Gasteiger partial charge in [0.2, 0.25) is 0 Å². The Morgan fingerprint density at radius 2 is 1.76 bits per heavy atom. The van der Waals surface area contributed by atoms with Crippen LogP contribution in [0.25, 0.3) is 5.69 Å². The zero-order valence-corrected chi connectivity index (χ0v) is 18.2. The van der Waals surface area contributed by atoms with Crippen LogP contribution < -0.4 is 14.8 Å². The van der Waals surface area contributed by atoms with Crippen molar-refractivity contribution in [3.63, 3.8) is 0 Å². The molecule has 2 aromatic carbocycles. The molecule has 0 atom stereocenters. The lowest BCUT2D eigenvalue weighted by atomic mass is 10.2. The van der Waals surface area contributed by atoms with Gasteiger partial charge in [-0.25, -0.2) is 13.6 Å². The highest BCUT2D eigenvalue weighted by molar-refractivity contribution is 5.89. The molecule has 1 aliphatic rings. The second-order valence-corrected chi connectivity index (χ2v) is 7.37. The topological polar surface area (TPSA) is 97.6 Å². The number of piperazine rings is 1. The van der Waals surface area contributed by atoms with Crippen LogP contribution in [0.2, 0.25) is 0 Å². The second-order valence-electron chi connectivity index (χ2n) is 7.37. The number of hydrogen-bond donors (Lipinski definition) is 1. The van der Waals surface area contributed by atoms with Crippen molar-refractivity contribution in [2.24, 2.45) is 0 Å². The molecule has 0 radical (unpaired) electrons. The van der Waals surface area contributed by atoms with Gasteiger partial charge in [-0.1, -0.05) is 0 Å². The number of carbonyl (C=O) groups is 1. The van der Waals surface area contributed by atoms with Gasteiger partial charge in [0.25, 0.3) is 0 Å². The van der Waals surface area contributed by atoms with Crippen molar-refractivity contribution in [3.8, 4) is 17.2 Å². The number of aromatic nitrogens is 4. The molecule has 1 fully saturated rings. The Kier molecular flexibility index (Phi) is 6.63. The third kappa shape index (κ3) is 5.00. The van der Waals surface area contributed by atoms with Crippen molar-refractivity contribution in [2.45, 2.75) is 6.54 Å². The minimum Gasteiger partial charge on any atom is -0.493 e. The van der Waals surface area contributed by atoms with E-state index < -0.39 is 11.6 Å². The van der Waals surface area contributed by atoms with E-state index in [9.17, 15) is 13.6 Å². The highest BCUT2D eigenvalue weighted by Crippen LogP contribution is 2.29. The average Bonchev–Trinajstić information content (AvgIpc) is 3.29. The van der Waals surface area contributed by atoms with Gasteiger partial charge in [-0.2, -0.15) is 4.68 Å². The number of nitrogens with one attached hydrogen (secondary N) is 1. The molecule has 0 bridgehead atoms. The van der Waals surface area contributed by atoms with Crippen molar-refractivity contribution >= 4 is 11.7 Å². The molecule has 0 spiro atoms. The molecule has 174 valence electrons. The van der Waals surface area contributed by atoms with E-state index in [4.69, 9.17) is 9.47 Å². The van der Waals surface area contributed by atoms with E-state index >= 15 is 0 Å². The number of rotatable bonds is 6. The first-order valence-electron chi connectivity index (χ1n) is 10.2. The van der Waals surface area contributed by atoms with Crippen LogP contribution in [-0.4, -0.2) is 76.4 Å². The molecule has 1 saturated heterocycles. The van der Waals surface area contributed by atoms with E-state index in [1.54, 1.807) is 30.2 Å². The predicted octanol–water partition coefficient (Wildman–Crippen LogP) is 2.31. The first-order chi connectivity index (χ1) is 16.0. The minimum atomic E-state index is -0.969. The normalized spacial score (nSPS) is 14.2. The monoisotopic (exact) mass is 459 g/mol. The van der Waals surface area contributed by atoms with Crippen LogP contribution in [0.5, 0.6) is 11.5 Å². The fraction of sp³-hybridized carbons (Fsp3) is 0.333. The molecular formula is C21H23F2N7O3. The Morgan fingerprint density at radius 1 is 1.00 bits per heavy atom. The smallest absolute Gasteiger partial charge is 0.321 e. The lowest BCUT2D eigenvalue weighted by Gasteiger charge is -2.34. The summed E-state index contributed by atoms with van der Waals surface area (Å²) < 4.78 is 38.7. The molecule has 0 aliphatic carbocycles. The zero-order valence-electron chi connectivity index (χ0n) is 18.2. The Bertz CT molecular complexity index is 1130. The van der Waals surface area contributed by atoms with Crippen LogP contribution in [0.15, 0.2) is 36.4 Å². The first kappa shape index (κ1) is 22.4. The summed E-state index contributed by atoms with van der Waals surface area (Å²) >= 11 is 0. The summed E-state index contributed by atoms with van der Waals surface area (Å²) in [5, 5.41) is 14.4. The van der Waals surface area contributed by atoms with E-state index in [-0.39, 0.29) is 6.03 Å². The summed E-state index contributed by atoms with van der Waals surface area (Å²) in [7, 11) is 3.08. The highest BCUT2D eigenvalue weighted by atomic mass is 19.2. The van der Waals surface area contributed by atoms with Crippen molar-refractivity contribution in [1.29, 1.82) is 0 Å². The average molecular weight is 459 g/mol. The number of ether oxygens (including phenoxy) is 2. The quantitative estimate of drug-likeness (QED) is 0.604. The summed E-state index contributed by atoms with van der Waals surface area (Å²) in [6.45, 7) is 2.61. The molecule has 1 N–H and O–H groups in total. The molecule has 0 unspecified atom stereocenters. The van der Waals surface area contributed by atoms with Crippen molar-refractivity contribution < 1.29 is 23.0 Å². The first-order valence-corrected chi connectivity index (χ1v) is 10.2. The number of methoxy groups -OCH3 is 2. The Balaban J connectivity index is 1.34. The fourth-order valence-corrected chi connectivity index (χ4v) is 3.55. The number of urea groups is 1. The van der Waals surface area contributed by atoms with Gasteiger partial charge >= 0.3 is 6.03 Å². The Hall–Kier alpha value is -3.80. The molecule has 2 heterocycles. The Labute approximate surface area is 188 Å². The SMILES string of the molecule is COc1ccc(NC(=O)N2CCN(Cc3nnnn3-c3ccc(F)c(F)c3)CC2)cc1OC. The van der Waals surface area contributed by atoms with Crippen LogP contribution in [0.3, 0.4) is 0 Å². The van der Waals surface area contributed by atoms with Gasteiger partial charge in [-0.05, 0) is 34.7 Å². The number of nitrogens with zero attached hydrogens (tertiary/aromatic N) is 6. The molecule has 1 aliphatic heterocycles. The van der Waals surface area contributed by atoms with E-state index in [2.05, 4.69) is 25.7 Å². The van der Waals surface area contributed by atoms with Gasteiger partial charge < -0.3 is 19.7 Å². The van der Waals surface area contributed by atoms with Gasteiger partial charge in [0.05, 0.1) is 26.5 Å². The van der Waals surface area contributed by atoms with Crippen LogP contribution in [0.1, 0.15) is 5.82 Å². The van der Waals surface area contributed by atoms with E-state index in [1.165, 1.54) is 17.9 Å². The molecule has 3 aromatic rings. The van der Waals surface area contributed by atoms with Gasteiger partial charge in [-0.15, -0.1) is 5.10 Å². The van der Waals surface area contributed by atoms with Crippen LogP contribution >= 0.6 is 0 Å². The van der Waals surface area contributed by atoms with Gasteiger partial charge in [-0.3, -0.25) is 4.90 Å². The zero-order chi connectivity index (χ0) is 23.4. The van der Waals surface area contributed by atoms with E-state index in [0.29, 0.717) is 61.4 Å². The van der Waals surface area contributed by atoms with Crippen LogP contribution in [-0.2, 0) is 6.54 Å². The lowest BCUT2D eigenvalue weighted by Crippen LogP contribution is -2.49. The summed E-state index contributed by atoms with van der Waals surface area (Å²) in [5.41, 5.74) is 0.938. The molecule has 4 rings (SSSR count). The Morgan fingerprint density at radius 3 is 2.45 bits per heavy atom. The minimum absolute atomic E-state index is 0.214. The van der Waals surface area contributed by atoms with Gasteiger partial charge in [0.15, 0.2) is 29.0 Å². The molecule has 33 heavy (non-hydrogen) atoms. The number of anilines is 1. The maximum Gasteiger partial charge on any atom is 0.321 e. The molecule has 12 heteroatoms. The lowest BCUT2D eigenvalue weighted by molar-refractivity contribution is 0.140. The third-order valence-electron chi connectivity index (χ3n) is 5.34. The van der Waals surface area contributed by atoms with Crippen molar-refractivity contribution in [2.75, 3.05) is 45.7 Å². The number of carbonyl (C=O) groups excluding carboxylic acids is 1. The van der Waals surface area contributed by atoms with Gasteiger partial charge in [0.1, 0.15) is 0 Å². The van der Waals surface area contributed by atoms with Crippen molar-refractivity contribution in [3.05, 3.63) is 53.9 Å². The molecule has 10 nitrogen and oxygen atoms in total. The standard InChI is InChI=1S/C21H23F2N7O3/c1-32-18-6-3-14(11-19(18)33-2)24-21(31)29-9-7-28(8-10-29)13-20-25-26-27-30(20)15-4-5-16(22)17(23)12-15/h3-6,11-12H,7-10,13H2,1-2H3,(H,24,31). The van der Waals surface area contributed by atoms with Gasteiger partial charge in [0, 0.05) is 44.0 Å². The number of tetrazole rings is 1. The van der Waals surface area contributed by atoms with Crippen molar-refractivity contribution in [1.82, 2.24) is 30.0 Å². The third-order valence-corrected chi connectivity index (χ3v) is 5.34. The van der Waals surface area contributed by atoms with E-state index in [1.807, 2.05) is 0 Å². The van der Waals surface area contributed by atoms with E-state index in [0.717, 1.165) is 12.1 Å². The summed E-state index contributed by atoms with van der Waals surface area (Å²) in [6.07, 6.45) is 0. The molecular weight excluding hydrogens is 436 g/mol. The number of halogens is 2. The summed E-state index contributed by atoms with van der Waals surface area (Å²) in [6, 6.07) is 8.45. The summed E-state index contributed by atoms with van der Waals surface area (Å²) in [5.74, 6) is -0.308. The number of amides is 2. The molecule has 1 aromatic heterocycles. The number of benzene rings is 2. The highest BCUT2D eigenvalue weighted by Gasteiger charge is 2.23. The fourth-order valence-electron chi connectivity index (χ4n) is 3.55. The van der Waals surface area contributed by atoms with Crippen LogP contribution in [0.4, 0.5) is 19.3 Å². The largest absolute Gasteiger partial charge is 0.493 e. The van der Waals surface area contributed by atoms with Crippen LogP contribution in [0, 0.1) is 11.6 Å². The number of hydrogen-bond acceptors (Lipinski definition) is 7. The summed E-state index contributed by atoms with van der Waals surface area (Å²) in [4.78, 5) is 16.5. The molecule has 0 saturated carbocycles. The maximum absolute atomic E-state index is 13.6. The predicted molar refractivity (Wildman–Crippen MR) is 114 cm³/mol. The maximum atomic E-state index is 13.6.